The number of nitro benzene ring substituents is 1. The van der Waals surface area contributed by atoms with Crippen LogP contribution in [0.4, 0.5) is 5.69 Å². The van der Waals surface area contributed by atoms with Gasteiger partial charge in [0.2, 0.25) is 0 Å². The highest BCUT2D eigenvalue weighted by Gasteiger charge is 2.47. The summed E-state index contributed by atoms with van der Waals surface area (Å²) in [6.45, 7) is 4.33. The van der Waals surface area contributed by atoms with Crippen LogP contribution in [-0.2, 0) is 14.3 Å². The Hall–Kier alpha value is -3.92. The molecule has 0 unspecified atom stereocenters. The van der Waals surface area contributed by atoms with E-state index in [-0.39, 0.29) is 29.5 Å². The van der Waals surface area contributed by atoms with Crippen molar-refractivity contribution in [2.45, 2.75) is 32.4 Å². The molecule has 35 heavy (non-hydrogen) atoms. The van der Waals surface area contributed by atoms with Crippen LogP contribution in [0.2, 0.25) is 0 Å². The van der Waals surface area contributed by atoms with Gasteiger partial charge in [-0.2, -0.15) is 0 Å². The van der Waals surface area contributed by atoms with Crippen LogP contribution in [0, 0.1) is 10.1 Å². The van der Waals surface area contributed by atoms with Crippen LogP contribution in [0.25, 0.3) is 5.76 Å². The Kier molecular flexibility index (Phi) is 8.08. The lowest BCUT2D eigenvalue weighted by Crippen LogP contribution is -2.31. The fourth-order valence-electron chi connectivity index (χ4n) is 3.96. The van der Waals surface area contributed by atoms with Gasteiger partial charge in [-0.3, -0.25) is 19.7 Å². The number of likely N-dealkylation sites (tertiary alicyclic amines) is 1. The molecule has 0 aromatic heterocycles. The molecular weight excluding hydrogens is 456 g/mol. The smallest absolute Gasteiger partial charge is 0.295 e. The summed E-state index contributed by atoms with van der Waals surface area (Å²) in [6, 6.07) is 9.20. The van der Waals surface area contributed by atoms with Gasteiger partial charge < -0.3 is 24.2 Å². The summed E-state index contributed by atoms with van der Waals surface area (Å²) in [6.07, 6.45) is 0.457. The molecule has 1 fully saturated rings. The molecule has 1 atom stereocenters. The Labute approximate surface area is 202 Å². The molecule has 0 radical (unpaired) electrons. The second kappa shape index (κ2) is 11.0. The molecule has 1 N–H and O–H groups in total. The van der Waals surface area contributed by atoms with Crippen molar-refractivity contribution in [3.63, 3.8) is 0 Å². The van der Waals surface area contributed by atoms with Gasteiger partial charge in [0.1, 0.15) is 17.3 Å². The van der Waals surface area contributed by atoms with Crippen molar-refractivity contribution in [3.05, 3.63) is 69.3 Å². The van der Waals surface area contributed by atoms with E-state index in [0.717, 1.165) is 6.07 Å². The maximum atomic E-state index is 13.2. The van der Waals surface area contributed by atoms with Gasteiger partial charge in [0.15, 0.2) is 0 Å². The van der Waals surface area contributed by atoms with Crippen LogP contribution >= 0.6 is 0 Å². The van der Waals surface area contributed by atoms with Crippen LogP contribution in [0.15, 0.2) is 48.0 Å². The van der Waals surface area contributed by atoms with Crippen LogP contribution in [-0.4, -0.2) is 60.1 Å². The van der Waals surface area contributed by atoms with Crippen LogP contribution in [0.3, 0.4) is 0 Å². The fourth-order valence-corrected chi connectivity index (χ4v) is 3.96. The summed E-state index contributed by atoms with van der Waals surface area (Å²) in [7, 11) is 2.93. The normalized spacial score (nSPS) is 17.2. The number of hydrogen-bond donors (Lipinski definition) is 1. The monoisotopic (exact) mass is 484 g/mol. The molecule has 10 heteroatoms. The minimum absolute atomic E-state index is 0.00793. The third-order valence-electron chi connectivity index (χ3n) is 5.60. The first-order valence-corrected chi connectivity index (χ1v) is 11.1. The molecule has 0 bridgehead atoms. The van der Waals surface area contributed by atoms with E-state index in [9.17, 15) is 24.8 Å². The minimum atomic E-state index is -1.00. The molecule has 0 saturated carbocycles. The number of amides is 1. The topological polar surface area (TPSA) is 128 Å². The predicted molar refractivity (Wildman–Crippen MR) is 127 cm³/mol. The van der Waals surface area contributed by atoms with Gasteiger partial charge in [0, 0.05) is 36.4 Å². The van der Waals surface area contributed by atoms with Crippen LogP contribution < -0.4 is 9.47 Å². The molecule has 10 nitrogen and oxygen atoms in total. The van der Waals surface area contributed by atoms with Crippen molar-refractivity contribution in [3.8, 4) is 11.5 Å². The van der Waals surface area contributed by atoms with Crippen LogP contribution in [0.1, 0.15) is 37.4 Å². The standard InChI is InChI=1S/C25H28N2O8/c1-15(2)35-12-6-11-26-22(19-14-18(33-3)9-10-20(19)34-4)21(24(29)25(26)30)23(28)16-7-5-8-17(13-16)27(31)32/h5,7-10,13-15,22,28H,6,11-12H2,1-4H3/t22-/m0/s1. The molecule has 2 aromatic carbocycles. The van der Waals surface area contributed by atoms with Gasteiger partial charge in [0.25, 0.3) is 17.4 Å². The zero-order chi connectivity index (χ0) is 25.7. The molecule has 0 aliphatic carbocycles. The second-order valence-corrected chi connectivity index (χ2v) is 8.18. The first-order chi connectivity index (χ1) is 16.7. The zero-order valence-corrected chi connectivity index (χ0v) is 20.0. The molecule has 1 heterocycles. The van der Waals surface area contributed by atoms with E-state index in [1.54, 1.807) is 18.2 Å². The second-order valence-electron chi connectivity index (χ2n) is 8.18. The maximum absolute atomic E-state index is 13.2. The summed E-state index contributed by atoms with van der Waals surface area (Å²) < 4.78 is 16.4. The van der Waals surface area contributed by atoms with Gasteiger partial charge in [-0.1, -0.05) is 12.1 Å². The highest BCUT2D eigenvalue weighted by molar-refractivity contribution is 6.46. The van der Waals surface area contributed by atoms with Crippen LogP contribution in [0.5, 0.6) is 11.5 Å². The van der Waals surface area contributed by atoms with Crippen molar-refractivity contribution < 1.29 is 33.8 Å². The molecule has 2 aromatic rings. The number of ketones is 1. The van der Waals surface area contributed by atoms with E-state index in [1.165, 1.54) is 37.3 Å². The van der Waals surface area contributed by atoms with Crippen molar-refractivity contribution in [1.82, 2.24) is 4.90 Å². The number of rotatable bonds is 10. The lowest BCUT2D eigenvalue weighted by atomic mass is 9.94. The Morgan fingerprint density at radius 3 is 2.51 bits per heavy atom. The van der Waals surface area contributed by atoms with Gasteiger partial charge >= 0.3 is 0 Å². The highest BCUT2D eigenvalue weighted by Crippen LogP contribution is 2.44. The zero-order valence-electron chi connectivity index (χ0n) is 20.0. The number of ether oxygens (including phenoxy) is 3. The third-order valence-corrected chi connectivity index (χ3v) is 5.60. The molecule has 186 valence electrons. The van der Waals surface area contributed by atoms with Crippen molar-refractivity contribution in [2.75, 3.05) is 27.4 Å². The maximum Gasteiger partial charge on any atom is 0.295 e. The van der Waals surface area contributed by atoms with E-state index in [2.05, 4.69) is 0 Å². The quantitative estimate of drug-likeness (QED) is 0.134. The molecular formula is C25H28N2O8. The molecule has 1 amide bonds. The van der Waals surface area contributed by atoms with Gasteiger partial charge in [-0.25, -0.2) is 0 Å². The highest BCUT2D eigenvalue weighted by atomic mass is 16.6. The van der Waals surface area contributed by atoms with E-state index in [0.29, 0.717) is 30.1 Å². The number of methoxy groups -OCH3 is 2. The average Bonchev–Trinajstić information content (AvgIpc) is 3.10. The minimum Gasteiger partial charge on any atom is -0.507 e. The Morgan fingerprint density at radius 1 is 1.14 bits per heavy atom. The summed E-state index contributed by atoms with van der Waals surface area (Å²) in [5.41, 5.74) is 0.0338. The van der Waals surface area contributed by atoms with E-state index < -0.39 is 28.4 Å². The number of carbonyl (C=O) groups is 2. The summed E-state index contributed by atoms with van der Waals surface area (Å²) >= 11 is 0. The number of benzene rings is 2. The lowest BCUT2D eigenvalue weighted by molar-refractivity contribution is -0.384. The largest absolute Gasteiger partial charge is 0.507 e. The molecule has 1 saturated heterocycles. The average molecular weight is 485 g/mol. The number of aliphatic hydroxyl groups is 1. The Bertz CT molecular complexity index is 1160. The third kappa shape index (κ3) is 5.43. The summed E-state index contributed by atoms with van der Waals surface area (Å²) in [4.78, 5) is 38.3. The predicted octanol–water partition coefficient (Wildman–Crippen LogP) is 3.85. The number of hydrogen-bond acceptors (Lipinski definition) is 8. The fraction of sp³-hybridized carbons (Fsp3) is 0.360. The number of non-ortho nitro benzene ring substituents is 1. The van der Waals surface area contributed by atoms with E-state index >= 15 is 0 Å². The molecule has 3 rings (SSSR count). The number of aliphatic hydroxyl groups excluding tert-OH is 1. The van der Waals surface area contributed by atoms with E-state index in [4.69, 9.17) is 14.2 Å². The molecule has 0 spiro atoms. The molecule has 1 aliphatic heterocycles. The first kappa shape index (κ1) is 25.7. The summed E-state index contributed by atoms with van der Waals surface area (Å²) in [5.74, 6) is -1.36. The number of nitrogens with zero attached hydrogens (tertiary/aromatic N) is 2. The van der Waals surface area contributed by atoms with Crippen molar-refractivity contribution in [1.29, 1.82) is 0 Å². The number of nitro groups is 1. The number of Topliss-reactive ketones (excluding diaryl/α,β-unsaturated/α-hetero) is 1. The van der Waals surface area contributed by atoms with Crippen molar-refractivity contribution >= 4 is 23.1 Å². The van der Waals surface area contributed by atoms with Gasteiger partial charge in [-0.05, 0) is 38.5 Å². The summed E-state index contributed by atoms with van der Waals surface area (Å²) in [5, 5.41) is 22.4. The first-order valence-electron chi connectivity index (χ1n) is 11.1. The molecule has 1 aliphatic rings. The van der Waals surface area contributed by atoms with Crippen molar-refractivity contribution in [2.24, 2.45) is 0 Å². The van der Waals surface area contributed by atoms with Gasteiger partial charge in [0.05, 0.1) is 36.9 Å². The number of carbonyl (C=O) groups excluding carboxylic acids is 2. The SMILES string of the molecule is COc1ccc(OC)c([C@H]2C(=C(O)c3cccc([N+](=O)[O-])c3)C(=O)C(=O)N2CCCOC(C)C)c1. The Morgan fingerprint density at radius 2 is 1.89 bits per heavy atom. The van der Waals surface area contributed by atoms with Gasteiger partial charge in [-0.15, -0.1) is 0 Å². The lowest BCUT2D eigenvalue weighted by Gasteiger charge is -2.27. The Balaban J connectivity index is 2.17. The van der Waals surface area contributed by atoms with E-state index in [1.807, 2.05) is 13.8 Å².